The molecular weight excluding hydrogens is 499 g/mol. The van der Waals surface area contributed by atoms with Crippen molar-refractivity contribution >= 4 is 17.5 Å². The molecule has 1 aromatic heterocycles. The van der Waals surface area contributed by atoms with Crippen LogP contribution in [-0.4, -0.2) is 61.3 Å². The zero-order chi connectivity index (χ0) is 27.4. The molecule has 2 amide bonds. The van der Waals surface area contributed by atoms with E-state index in [1.165, 1.54) is 12.1 Å². The van der Waals surface area contributed by atoms with Crippen molar-refractivity contribution in [2.75, 3.05) is 50.6 Å². The highest BCUT2D eigenvalue weighted by molar-refractivity contribution is 5.90. The number of ether oxygens (including phenoxy) is 2. The van der Waals surface area contributed by atoms with Crippen LogP contribution in [0.3, 0.4) is 0 Å². The Morgan fingerprint density at radius 2 is 1.58 bits per heavy atom. The van der Waals surface area contributed by atoms with Gasteiger partial charge in [0.25, 0.3) is 0 Å². The van der Waals surface area contributed by atoms with Crippen molar-refractivity contribution in [3.8, 4) is 22.9 Å². The molecule has 1 N–H and O–H groups in total. The molecule has 0 bridgehead atoms. The first kappa shape index (κ1) is 27.0. The Morgan fingerprint density at radius 3 is 2.11 bits per heavy atom. The van der Waals surface area contributed by atoms with E-state index < -0.39 is 11.7 Å². The zero-order valence-electron chi connectivity index (χ0n) is 21.7. The molecule has 1 saturated heterocycles. The molecule has 2 aromatic carbocycles. The summed E-state index contributed by atoms with van der Waals surface area (Å²) in [5.41, 5.74) is 2.11. The third-order valence-corrected chi connectivity index (χ3v) is 6.49. The number of amides is 2. The molecule has 0 spiro atoms. The molecule has 4 rings (SSSR count). The highest BCUT2D eigenvalue weighted by Crippen LogP contribution is 2.32. The van der Waals surface area contributed by atoms with E-state index in [0.29, 0.717) is 61.2 Å². The molecule has 0 radical (unpaired) electrons. The smallest absolute Gasteiger partial charge is 0.416 e. The van der Waals surface area contributed by atoms with Crippen molar-refractivity contribution in [2.45, 2.75) is 26.4 Å². The lowest BCUT2D eigenvalue weighted by atomic mass is 10.1. The molecule has 11 heteroatoms. The Balaban J connectivity index is 1.49. The fraction of sp³-hybridized carbons (Fsp3) is 0.370. The van der Waals surface area contributed by atoms with Gasteiger partial charge in [0, 0.05) is 66.9 Å². The van der Waals surface area contributed by atoms with Gasteiger partial charge in [0.05, 0.1) is 19.8 Å². The van der Waals surface area contributed by atoms with E-state index in [9.17, 15) is 18.0 Å². The molecular formula is C27H30F3N5O3. The van der Waals surface area contributed by atoms with Crippen molar-refractivity contribution in [1.29, 1.82) is 0 Å². The summed E-state index contributed by atoms with van der Waals surface area (Å²) in [7, 11) is 3.09. The van der Waals surface area contributed by atoms with Crippen LogP contribution in [0.15, 0.2) is 42.5 Å². The zero-order valence-corrected chi connectivity index (χ0v) is 21.7. The molecule has 0 saturated carbocycles. The summed E-state index contributed by atoms with van der Waals surface area (Å²) in [4.78, 5) is 26.1. The minimum atomic E-state index is -4.41. The predicted molar refractivity (Wildman–Crippen MR) is 139 cm³/mol. The van der Waals surface area contributed by atoms with Crippen LogP contribution in [0, 0.1) is 6.92 Å². The Bertz CT molecular complexity index is 1270. The molecule has 8 nitrogen and oxygen atoms in total. The van der Waals surface area contributed by atoms with Crippen LogP contribution in [0.4, 0.5) is 29.5 Å². The number of aryl methyl sites for hydroxylation is 1. The average Bonchev–Trinajstić information content (AvgIpc) is 2.92. The fourth-order valence-corrected chi connectivity index (χ4v) is 4.40. The maximum absolute atomic E-state index is 13.0. The number of halogens is 3. The molecule has 1 aliphatic heterocycles. The lowest BCUT2D eigenvalue weighted by molar-refractivity contribution is -0.137. The van der Waals surface area contributed by atoms with Crippen LogP contribution in [0.2, 0.25) is 0 Å². The molecule has 1 fully saturated rings. The summed E-state index contributed by atoms with van der Waals surface area (Å²) >= 11 is 0. The summed E-state index contributed by atoms with van der Waals surface area (Å²) in [6.45, 7) is 5.92. The molecule has 3 aromatic rings. The van der Waals surface area contributed by atoms with Gasteiger partial charge in [0.15, 0.2) is 5.82 Å². The quantitative estimate of drug-likeness (QED) is 0.460. The normalized spacial score (nSPS) is 13.9. The summed E-state index contributed by atoms with van der Waals surface area (Å²) in [6, 6.07) is 9.79. The number of hydrogen-bond donors (Lipinski definition) is 1. The van der Waals surface area contributed by atoms with Gasteiger partial charge >= 0.3 is 12.2 Å². The lowest BCUT2D eigenvalue weighted by Crippen LogP contribution is -2.50. The number of alkyl halides is 3. The van der Waals surface area contributed by atoms with E-state index in [1.807, 2.05) is 13.8 Å². The lowest BCUT2D eigenvalue weighted by Gasteiger charge is -2.36. The van der Waals surface area contributed by atoms with Gasteiger partial charge in [-0.05, 0) is 25.5 Å². The molecule has 0 aliphatic carbocycles. The molecule has 202 valence electrons. The van der Waals surface area contributed by atoms with Gasteiger partial charge in [-0.25, -0.2) is 14.8 Å². The number of urea groups is 1. The number of hydrogen-bond acceptors (Lipinski definition) is 6. The summed E-state index contributed by atoms with van der Waals surface area (Å²) in [6.07, 6.45) is -3.70. The van der Waals surface area contributed by atoms with E-state index in [2.05, 4.69) is 15.2 Å². The first-order valence-electron chi connectivity index (χ1n) is 12.2. The number of methoxy groups -OCH3 is 2. The highest BCUT2D eigenvalue weighted by atomic mass is 19.4. The van der Waals surface area contributed by atoms with Crippen molar-refractivity contribution < 1.29 is 27.4 Å². The van der Waals surface area contributed by atoms with Crippen molar-refractivity contribution in [2.24, 2.45) is 0 Å². The highest BCUT2D eigenvalue weighted by Gasteiger charge is 2.30. The van der Waals surface area contributed by atoms with Crippen LogP contribution >= 0.6 is 0 Å². The van der Waals surface area contributed by atoms with Crippen molar-refractivity contribution in [3.05, 3.63) is 59.3 Å². The summed E-state index contributed by atoms with van der Waals surface area (Å²) in [5, 5.41) is 2.90. The van der Waals surface area contributed by atoms with Gasteiger partial charge in [-0.3, -0.25) is 0 Å². The number of anilines is 2. The van der Waals surface area contributed by atoms with Gasteiger partial charge in [0.2, 0.25) is 0 Å². The molecule has 0 atom stereocenters. The van der Waals surface area contributed by atoms with E-state index in [-0.39, 0.29) is 6.03 Å². The maximum atomic E-state index is 13.0. The van der Waals surface area contributed by atoms with E-state index in [4.69, 9.17) is 14.5 Å². The van der Waals surface area contributed by atoms with Crippen molar-refractivity contribution in [3.63, 3.8) is 0 Å². The van der Waals surface area contributed by atoms with Crippen LogP contribution < -0.4 is 19.7 Å². The van der Waals surface area contributed by atoms with Gasteiger partial charge in [-0.1, -0.05) is 19.1 Å². The Morgan fingerprint density at radius 1 is 0.974 bits per heavy atom. The second-order valence-electron chi connectivity index (χ2n) is 8.87. The van der Waals surface area contributed by atoms with E-state index >= 15 is 0 Å². The monoisotopic (exact) mass is 529 g/mol. The SMILES string of the molecule is CCc1c(C)nc(-c2ccc(C(F)(F)F)cc2)nc1N1CCN(C(=O)Nc2cc(OC)cc(OC)c2)CC1. The van der Waals surface area contributed by atoms with Crippen LogP contribution in [0.1, 0.15) is 23.7 Å². The van der Waals surface area contributed by atoms with E-state index in [1.54, 1.807) is 37.3 Å². The maximum Gasteiger partial charge on any atom is 0.416 e. The molecule has 1 aliphatic rings. The number of benzene rings is 2. The first-order valence-corrected chi connectivity index (χ1v) is 12.2. The third-order valence-electron chi connectivity index (χ3n) is 6.49. The number of aromatic nitrogens is 2. The largest absolute Gasteiger partial charge is 0.497 e. The van der Waals surface area contributed by atoms with Crippen LogP contribution in [0.25, 0.3) is 11.4 Å². The summed E-state index contributed by atoms with van der Waals surface area (Å²) < 4.78 is 49.5. The topological polar surface area (TPSA) is 79.8 Å². The first-order chi connectivity index (χ1) is 18.1. The minimum absolute atomic E-state index is 0.236. The Hall–Kier alpha value is -4.02. The number of piperazine rings is 1. The van der Waals surface area contributed by atoms with Crippen molar-refractivity contribution in [1.82, 2.24) is 14.9 Å². The Kier molecular flexibility index (Phi) is 7.94. The second-order valence-corrected chi connectivity index (χ2v) is 8.87. The Labute approximate surface area is 219 Å². The van der Waals surface area contributed by atoms with Gasteiger partial charge < -0.3 is 24.6 Å². The molecule has 38 heavy (non-hydrogen) atoms. The molecule has 2 heterocycles. The number of nitrogens with zero attached hydrogens (tertiary/aromatic N) is 4. The van der Waals surface area contributed by atoms with E-state index in [0.717, 1.165) is 29.2 Å². The van der Waals surface area contributed by atoms with Crippen LogP contribution in [0.5, 0.6) is 11.5 Å². The number of carbonyl (C=O) groups excluding carboxylic acids is 1. The summed E-state index contributed by atoms with van der Waals surface area (Å²) in [5.74, 6) is 2.25. The molecule has 0 unspecified atom stereocenters. The fourth-order valence-electron chi connectivity index (χ4n) is 4.40. The predicted octanol–water partition coefficient (Wildman–Crippen LogP) is 5.40. The van der Waals surface area contributed by atoms with Gasteiger partial charge in [-0.15, -0.1) is 0 Å². The van der Waals surface area contributed by atoms with Gasteiger partial charge in [-0.2, -0.15) is 13.2 Å². The number of rotatable bonds is 6. The standard InChI is InChI=1S/C27H30F3N5O3/c1-5-23-17(2)31-24(18-6-8-19(9-7-18)27(28,29)30)33-25(23)34-10-12-35(13-11-34)26(36)32-20-14-21(37-3)16-22(15-20)38-4/h6-9,14-16H,5,10-13H2,1-4H3,(H,32,36). The second kappa shape index (κ2) is 11.2. The van der Waals surface area contributed by atoms with Gasteiger partial charge in [0.1, 0.15) is 17.3 Å². The number of carbonyl (C=O) groups is 1. The average molecular weight is 530 g/mol. The minimum Gasteiger partial charge on any atom is -0.497 e. The van der Waals surface area contributed by atoms with Crippen LogP contribution in [-0.2, 0) is 12.6 Å². The number of nitrogens with one attached hydrogen (secondary N) is 1. The third kappa shape index (κ3) is 5.92.